The standard InChI is InChI=1S/C23H18N2O4S/c1-14-19(12-16-7-4-3-5-8-16)21(27)24-23-25(14)22(28)20(30-23)13-17-9-6-10-18(11-17)29-15(2)26/h3-11,13H,12H2,1-2H3/b20-13+. The Kier molecular flexibility index (Phi) is 5.29. The first kappa shape index (κ1) is 19.7. The maximum atomic E-state index is 13.0. The quantitative estimate of drug-likeness (QED) is 0.376. The summed E-state index contributed by atoms with van der Waals surface area (Å²) in [6, 6.07) is 16.5. The van der Waals surface area contributed by atoms with E-state index < -0.39 is 5.97 Å². The van der Waals surface area contributed by atoms with Crippen LogP contribution in [0.15, 0.2) is 64.2 Å². The van der Waals surface area contributed by atoms with E-state index in [1.165, 1.54) is 11.3 Å². The number of hydrogen-bond donors (Lipinski definition) is 0. The van der Waals surface area contributed by atoms with E-state index in [1.807, 2.05) is 36.4 Å². The minimum atomic E-state index is -0.414. The molecule has 0 unspecified atom stereocenters. The van der Waals surface area contributed by atoms with Gasteiger partial charge in [-0.1, -0.05) is 53.8 Å². The fourth-order valence-corrected chi connectivity index (χ4v) is 4.29. The Morgan fingerprint density at radius 1 is 1.13 bits per heavy atom. The van der Waals surface area contributed by atoms with Gasteiger partial charge in [0.1, 0.15) is 5.75 Å². The summed E-state index contributed by atoms with van der Waals surface area (Å²) < 4.78 is 7.03. The fourth-order valence-electron chi connectivity index (χ4n) is 3.28. The summed E-state index contributed by atoms with van der Waals surface area (Å²) in [5, 5.41) is 0. The molecule has 0 atom stereocenters. The van der Waals surface area contributed by atoms with E-state index in [0.29, 0.717) is 38.5 Å². The molecule has 30 heavy (non-hydrogen) atoms. The molecule has 0 aliphatic rings. The number of carbonyl (C=O) groups is 1. The minimum absolute atomic E-state index is 0.229. The van der Waals surface area contributed by atoms with Gasteiger partial charge >= 0.3 is 5.97 Å². The number of rotatable bonds is 4. The van der Waals surface area contributed by atoms with Crippen LogP contribution in [0.1, 0.15) is 29.3 Å². The number of aromatic nitrogens is 2. The Morgan fingerprint density at radius 2 is 1.90 bits per heavy atom. The van der Waals surface area contributed by atoms with Crippen LogP contribution in [0, 0.1) is 6.92 Å². The van der Waals surface area contributed by atoms with Crippen LogP contribution in [0.3, 0.4) is 0 Å². The van der Waals surface area contributed by atoms with Gasteiger partial charge in [-0.2, -0.15) is 4.98 Å². The molecule has 0 saturated carbocycles. The van der Waals surface area contributed by atoms with Crippen molar-refractivity contribution in [2.75, 3.05) is 0 Å². The van der Waals surface area contributed by atoms with Crippen LogP contribution in [-0.4, -0.2) is 15.4 Å². The van der Waals surface area contributed by atoms with E-state index in [1.54, 1.807) is 31.2 Å². The molecule has 4 rings (SSSR count). The Bertz CT molecular complexity index is 1420. The highest BCUT2D eigenvalue weighted by molar-refractivity contribution is 7.15. The minimum Gasteiger partial charge on any atom is -0.427 e. The molecule has 7 heteroatoms. The van der Waals surface area contributed by atoms with Crippen molar-refractivity contribution in [2.24, 2.45) is 0 Å². The first-order chi connectivity index (χ1) is 14.4. The van der Waals surface area contributed by atoms with Crippen LogP contribution in [0.2, 0.25) is 0 Å². The smallest absolute Gasteiger partial charge is 0.308 e. The first-order valence-electron chi connectivity index (χ1n) is 9.31. The number of fused-ring (bicyclic) bond motifs is 1. The summed E-state index contributed by atoms with van der Waals surface area (Å²) in [6.45, 7) is 3.10. The van der Waals surface area contributed by atoms with Gasteiger partial charge < -0.3 is 4.74 Å². The van der Waals surface area contributed by atoms with Crippen molar-refractivity contribution in [2.45, 2.75) is 20.3 Å². The molecule has 2 heterocycles. The molecule has 2 aromatic heterocycles. The second-order valence-corrected chi connectivity index (χ2v) is 7.85. The van der Waals surface area contributed by atoms with Crippen molar-refractivity contribution < 1.29 is 9.53 Å². The summed E-state index contributed by atoms with van der Waals surface area (Å²) in [7, 11) is 0. The number of carbonyl (C=O) groups excluding carboxylic acids is 1. The third kappa shape index (κ3) is 3.92. The number of ether oxygens (including phenoxy) is 1. The zero-order valence-corrected chi connectivity index (χ0v) is 17.2. The molecule has 0 bridgehead atoms. The second kappa shape index (κ2) is 8.04. The van der Waals surface area contributed by atoms with Gasteiger partial charge in [0.15, 0.2) is 0 Å². The Labute approximate surface area is 175 Å². The number of aryl methyl sites for hydroxylation is 1. The van der Waals surface area contributed by atoms with E-state index in [4.69, 9.17) is 4.74 Å². The van der Waals surface area contributed by atoms with E-state index in [0.717, 1.165) is 16.9 Å². The van der Waals surface area contributed by atoms with Crippen molar-refractivity contribution in [3.05, 3.63) is 102 Å². The van der Waals surface area contributed by atoms with E-state index in [9.17, 15) is 14.4 Å². The summed E-state index contributed by atoms with van der Waals surface area (Å²) in [4.78, 5) is 41.3. The monoisotopic (exact) mass is 418 g/mol. The lowest BCUT2D eigenvalue weighted by Gasteiger charge is -2.06. The summed E-state index contributed by atoms with van der Waals surface area (Å²) in [5.41, 5.74) is 2.26. The Morgan fingerprint density at radius 3 is 2.63 bits per heavy atom. The molecule has 2 aromatic carbocycles. The van der Waals surface area contributed by atoms with Crippen LogP contribution in [-0.2, 0) is 11.2 Å². The van der Waals surface area contributed by atoms with Crippen molar-refractivity contribution in [3.63, 3.8) is 0 Å². The molecular weight excluding hydrogens is 400 g/mol. The van der Waals surface area contributed by atoms with E-state index in [-0.39, 0.29) is 11.1 Å². The molecule has 0 aliphatic carbocycles. The number of benzene rings is 2. The molecule has 0 aliphatic heterocycles. The predicted octanol–water partition coefficient (Wildman–Crippen LogP) is 2.49. The van der Waals surface area contributed by atoms with Gasteiger partial charge in [-0.15, -0.1) is 0 Å². The molecule has 0 radical (unpaired) electrons. The van der Waals surface area contributed by atoms with Gasteiger partial charge in [0.05, 0.1) is 4.53 Å². The van der Waals surface area contributed by atoms with Gasteiger partial charge in [0.25, 0.3) is 11.1 Å². The molecule has 6 nitrogen and oxygen atoms in total. The number of thiazole rings is 1. The van der Waals surface area contributed by atoms with Crippen LogP contribution >= 0.6 is 11.3 Å². The molecule has 0 fully saturated rings. The molecule has 150 valence electrons. The number of nitrogens with zero attached hydrogens (tertiary/aromatic N) is 2. The summed E-state index contributed by atoms with van der Waals surface area (Å²) >= 11 is 1.16. The van der Waals surface area contributed by atoms with Gasteiger partial charge in [-0.25, -0.2) is 0 Å². The van der Waals surface area contributed by atoms with Gasteiger partial charge in [0, 0.05) is 24.6 Å². The molecule has 4 aromatic rings. The highest BCUT2D eigenvalue weighted by atomic mass is 32.1. The van der Waals surface area contributed by atoms with Crippen molar-refractivity contribution in [1.29, 1.82) is 0 Å². The molecule has 0 saturated heterocycles. The van der Waals surface area contributed by atoms with Crippen LogP contribution in [0.4, 0.5) is 0 Å². The summed E-state index contributed by atoms with van der Waals surface area (Å²) in [5.74, 6) is -0.0124. The van der Waals surface area contributed by atoms with E-state index in [2.05, 4.69) is 4.98 Å². The van der Waals surface area contributed by atoms with Crippen molar-refractivity contribution >= 4 is 28.3 Å². The molecule has 0 N–H and O–H groups in total. The third-order valence-electron chi connectivity index (χ3n) is 4.68. The SMILES string of the molecule is CC(=O)Oc1cccc(/C=c2/sc3nc(=O)c(Cc4ccccc4)c(C)n3c2=O)c1. The number of hydrogen-bond acceptors (Lipinski definition) is 6. The Hall–Kier alpha value is -3.58. The van der Waals surface area contributed by atoms with Crippen LogP contribution < -0.4 is 20.4 Å². The topological polar surface area (TPSA) is 77.7 Å². The van der Waals surface area contributed by atoms with Gasteiger partial charge in [-0.3, -0.25) is 18.8 Å². The maximum Gasteiger partial charge on any atom is 0.308 e. The van der Waals surface area contributed by atoms with Gasteiger partial charge in [-0.05, 0) is 36.3 Å². The zero-order chi connectivity index (χ0) is 21.3. The highest BCUT2D eigenvalue weighted by Crippen LogP contribution is 2.15. The second-order valence-electron chi connectivity index (χ2n) is 6.84. The Balaban J connectivity index is 1.82. The summed E-state index contributed by atoms with van der Waals surface area (Å²) in [6.07, 6.45) is 2.12. The fraction of sp³-hybridized carbons (Fsp3) is 0.130. The predicted molar refractivity (Wildman–Crippen MR) is 116 cm³/mol. The van der Waals surface area contributed by atoms with Crippen molar-refractivity contribution in [1.82, 2.24) is 9.38 Å². The number of esters is 1. The van der Waals surface area contributed by atoms with E-state index >= 15 is 0 Å². The highest BCUT2D eigenvalue weighted by Gasteiger charge is 2.15. The van der Waals surface area contributed by atoms with Gasteiger partial charge in [0.2, 0.25) is 4.96 Å². The first-order valence-corrected chi connectivity index (χ1v) is 10.1. The maximum absolute atomic E-state index is 13.0. The molecule has 0 amide bonds. The lowest BCUT2D eigenvalue weighted by atomic mass is 10.1. The lowest BCUT2D eigenvalue weighted by Crippen LogP contribution is -2.27. The molecular formula is C23H18N2O4S. The molecule has 0 spiro atoms. The third-order valence-corrected chi connectivity index (χ3v) is 5.64. The zero-order valence-electron chi connectivity index (χ0n) is 16.4. The average molecular weight is 418 g/mol. The normalized spacial score (nSPS) is 11.7. The van der Waals surface area contributed by atoms with Crippen LogP contribution in [0.25, 0.3) is 11.0 Å². The average Bonchev–Trinajstić information content (AvgIpc) is 3.01. The van der Waals surface area contributed by atoms with Crippen LogP contribution in [0.5, 0.6) is 5.75 Å². The lowest BCUT2D eigenvalue weighted by molar-refractivity contribution is -0.131. The van der Waals surface area contributed by atoms with Crippen molar-refractivity contribution in [3.8, 4) is 5.75 Å². The largest absolute Gasteiger partial charge is 0.427 e.